The minimum Gasteiger partial charge on any atom is -0.496 e. The van der Waals surface area contributed by atoms with Crippen molar-refractivity contribution >= 4 is 17.6 Å². The molecular weight excluding hydrogens is 272 g/mol. The zero-order chi connectivity index (χ0) is 15.6. The van der Waals surface area contributed by atoms with Gasteiger partial charge in [-0.3, -0.25) is 4.79 Å². The highest BCUT2D eigenvalue weighted by Gasteiger charge is 2.35. The molecule has 1 saturated heterocycles. The fourth-order valence-electron chi connectivity index (χ4n) is 2.66. The second-order valence-corrected chi connectivity index (χ2v) is 5.44. The molecule has 2 unspecified atom stereocenters. The maximum Gasteiger partial charge on any atom is 0.326 e. The number of carbonyl (C=O) groups is 2. The highest BCUT2D eigenvalue weighted by Crippen LogP contribution is 2.28. The molecule has 21 heavy (non-hydrogen) atoms. The van der Waals surface area contributed by atoms with Crippen molar-refractivity contribution in [3.8, 4) is 5.75 Å². The maximum atomic E-state index is 12.7. The molecule has 0 radical (unpaired) electrons. The molecule has 1 aliphatic rings. The Morgan fingerprint density at radius 1 is 1.43 bits per heavy atom. The summed E-state index contributed by atoms with van der Waals surface area (Å²) >= 11 is 0. The number of benzene rings is 1. The van der Waals surface area contributed by atoms with Crippen LogP contribution >= 0.6 is 0 Å². The standard InChI is InChI=1S/C15H20N2O4/c1-9-5-6-17(12(7-9)15(19)20)14(18)11-4-3-10(16)8-13(11)21-2/h3-4,8-9,12H,5-7,16H2,1-2H3,(H,19,20). The number of ether oxygens (including phenoxy) is 1. The van der Waals surface area contributed by atoms with E-state index in [0.717, 1.165) is 6.42 Å². The van der Waals surface area contributed by atoms with Gasteiger partial charge in [-0.15, -0.1) is 0 Å². The van der Waals surface area contributed by atoms with Gasteiger partial charge in [0.1, 0.15) is 11.8 Å². The van der Waals surface area contributed by atoms with Crippen LogP contribution in [0.2, 0.25) is 0 Å². The molecule has 6 heteroatoms. The lowest BCUT2D eigenvalue weighted by Crippen LogP contribution is -2.49. The number of nitrogens with two attached hydrogens (primary N) is 1. The molecular formula is C15H20N2O4. The smallest absolute Gasteiger partial charge is 0.326 e. The van der Waals surface area contributed by atoms with E-state index in [-0.39, 0.29) is 5.91 Å². The van der Waals surface area contributed by atoms with Gasteiger partial charge in [0, 0.05) is 18.3 Å². The van der Waals surface area contributed by atoms with E-state index in [1.54, 1.807) is 18.2 Å². The number of hydrogen-bond donors (Lipinski definition) is 2. The summed E-state index contributed by atoms with van der Waals surface area (Å²) in [6.45, 7) is 2.44. The fourth-order valence-corrected chi connectivity index (χ4v) is 2.66. The van der Waals surface area contributed by atoms with Gasteiger partial charge in [0.05, 0.1) is 12.7 Å². The Bertz CT molecular complexity index is 559. The average molecular weight is 292 g/mol. The Morgan fingerprint density at radius 2 is 2.14 bits per heavy atom. The van der Waals surface area contributed by atoms with Crippen molar-refractivity contribution in [3.05, 3.63) is 23.8 Å². The molecule has 0 aliphatic carbocycles. The van der Waals surface area contributed by atoms with E-state index in [1.807, 2.05) is 6.92 Å². The third-order valence-electron chi connectivity index (χ3n) is 3.87. The van der Waals surface area contributed by atoms with Crippen LogP contribution in [0.15, 0.2) is 18.2 Å². The second kappa shape index (κ2) is 6.03. The molecule has 0 bridgehead atoms. The van der Waals surface area contributed by atoms with E-state index in [2.05, 4.69) is 0 Å². The number of carboxylic acids is 1. The van der Waals surface area contributed by atoms with E-state index in [0.29, 0.717) is 35.9 Å². The second-order valence-electron chi connectivity index (χ2n) is 5.44. The Kier molecular flexibility index (Phi) is 4.35. The summed E-state index contributed by atoms with van der Waals surface area (Å²) in [5.41, 5.74) is 6.51. The number of nitrogen functional groups attached to an aromatic ring is 1. The molecule has 114 valence electrons. The Morgan fingerprint density at radius 3 is 2.76 bits per heavy atom. The zero-order valence-electron chi connectivity index (χ0n) is 12.2. The first-order valence-corrected chi connectivity index (χ1v) is 6.91. The molecule has 1 heterocycles. The zero-order valence-corrected chi connectivity index (χ0v) is 12.2. The minimum absolute atomic E-state index is 0.295. The molecule has 0 saturated carbocycles. The minimum atomic E-state index is -0.968. The summed E-state index contributed by atoms with van der Waals surface area (Å²) in [7, 11) is 1.46. The third kappa shape index (κ3) is 3.09. The van der Waals surface area contributed by atoms with E-state index < -0.39 is 12.0 Å². The summed E-state index contributed by atoms with van der Waals surface area (Å²) in [6.07, 6.45) is 1.27. The Hall–Kier alpha value is -2.24. The highest BCUT2D eigenvalue weighted by atomic mass is 16.5. The van der Waals surface area contributed by atoms with Crippen LogP contribution in [0.5, 0.6) is 5.75 Å². The Balaban J connectivity index is 2.32. The number of carboxylic acid groups (broad SMARTS) is 1. The van der Waals surface area contributed by atoms with Gasteiger partial charge in [0.2, 0.25) is 0 Å². The summed E-state index contributed by atoms with van der Waals surface area (Å²) in [6, 6.07) is 3.96. The number of nitrogens with zero attached hydrogens (tertiary/aromatic N) is 1. The summed E-state index contributed by atoms with van der Waals surface area (Å²) in [4.78, 5) is 25.5. The first-order chi connectivity index (χ1) is 9.93. The van der Waals surface area contributed by atoms with Crippen molar-refractivity contribution in [1.82, 2.24) is 4.90 Å². The first-order valence-electron chi connectivity index (χ1n) is 6.91. The average Bonchev–Trinajstić information content (AvgIpc) is 2.46. The van der Waals surface area contributed by atoms with E-state index in [4.69, 9.17) is 10.5 Å². The maximum absolute atomic E-state index is 12.7. The van der Waals surface area contributed by atoms with Crippen molar-refractivity contribution in [2.45, 2.75) is 25.8 Å². The van der Waals surface area contributed by atoms with Crippen LogP contribution in [0.4, 0.5) is 5.69 Å². The van der Waals surface area contributed by atoms with E-state index in [9.17, 15) is 14.7 Å². The largest absolute Gasteiger partial charge is 0.496 e. The van der Waals surface area contributed by atoms with Gasteiger partial charge < -0.3 is 20.5 Å². The molecule has 2 atom stereocenters. The van der Waals surface area contributed by atoms with Crippen LogP contribution in [0, 0.1) is 5.92 Å². The summed E-state index contributed by atoms with van der Waals surface area (Å²) < 4.78 is 5.18. The predicted molar refractivity (Wildman–Crippen MR) is 78.3 cm³/mol. The predicted octanol–water partition coefficient (Wildman–Crippen LogP) is 1.60. The van der Waals surface area contributed by atoms with Crippen LogP contribution in [0.3, 0.4) is 0 Å². The molecule has 2 rings (SSSR count). The quantitative estimate of drug-likeness (QED) is 0.825. The van der Waals surface area contributed by atoms with Crippen LogP contribution in [0.25, 0.3) is 0 Å². The van der Waals surface area contributed by atoms with E-state index >= 15 is 0 Å². The molecule has 1 amide bonds. The number of amides is 1. The van der Waals surface area contributed by atoms with Gasteiger partial charge in [-0.25, -0.2) is 4.79 Å². The number of rotatable bonds is 3. The van der Waals surface area contributed by atoms with Crippen LogP contribution in [0.1, 0.15) is 30.1 Å². The molecule has 1 aliphatic heterocycles. The lowest BCUT2D eigenvalue weighted by molar-refractivity contribution is -0.144. The number of anilines is 1. The van der Waals surface area contributed by atoms with Crippen molar-refractivity contribution in [1.29, 1.82) is 0 Å². The molecule has 1 aromatic rings. The van der Waals surface area contributed by atoms with Crippen molar-refractivity contribution in [3.63, 3.8) is 0 Å². The molecule has 0 aromatic heterocycles. The van der Waals surface area contributed by atoms with Crippen LogP contribution in [-0.2, 0) is 4.79 Å². The normalized spacial score (nSPS) is 21.9. The number of piperidine rings is 1. The van der Waals surface area contributed by atoms with Gasteiger partial charge in [-0.1, -0.05) is 6.92 Å². The van der Waals surface area contributed by atoms with Crippen molar-refractivity contribution in [2.24, 2.45) is 5.92 Å². The first kappa shape index (κ1) is 15.2. The molecule has 3 N–H and O–H groups in total. The number of carbonyl (C=O) groups excluding carboxylic acids is 1. The molecule has 0 spiro atoms. The van der Waals surface area contributed by atoms with Gasteiger partial charge in [0.15, 0.2) is 0 Å². The van der Waals surface area contributed by atoms with Gasteiger partial charge >= 0.3 is 5.97 Å². The van der Waals surface area contributed by atoms with Gasteiger partial charge in [0.25, 0.3) is 5.91 Å². The Labute approximate surface area is 123 Å². The number of aliphatic carboxylic acids is 1. The SMILES string of the molecule is COc1cc(N)ccc1C(=O)N1CCC(C)CC1C(=O)O. The van der Waals surface area contributed by atoms with Crippen LogP contribution in [-0.4, -0.2) is 41.6 Å². The van der Waals surface area contributed by atoms with Gasteiger partial charge in [-0.2, -0.15) is 0 Å². The monoisotopic (exact) mass is 292 g/mol. The van der Waals surface area contributed by atoms with Crippen molar-refractivity contribution in [2.75, 3.05) is 19.4 Å². The number of methoxy groups -OCH3 is 1. The summed E-state index contributed by atoms with van der Waals surface area (Å²) in [5, 5.41) is 9.35. The summed E-state index contributed by atoms with van der Waals surface area (Å²) in [5.74, 6) is -0.637. The topological polar surface area (TPSA) is 92.9 Å². The lowest BCUT2D eigenvalue weighted by Gasteiger charge is -2.36. The van der Waals surface area contributed by atoms with Crippen molar-refractivity contribution < 1.29 is 19.4 Å². The molecule has 6 nitrogen and oxygen atoms in total. The number of likely N-dealkylation sites (tertiary alicyclic amines) is 1. The third-order valence-corrected chi connectivity index (χ3v) is 3.87. The van der Waals surface area contributed by atoms with Gasteiger partial charge in [-0.05, 0) is 30.9 Å². The lowest BCUT2D eigenvalue weighted by atomic mass is 9.92. The van der Waals surface area contributed by atoms with Crippen LogP contribution < -0.4 is 10.5 Å². The highest BCUT2D eigenvalue weighted by molar-refractivity contribution is 5.99. The fraction of sp³-hybridized carbons (Fsp3) is 0.467. The molecule has 1 fully saturated rings. The van der Waals surface area contributed by atoms with E-state index in [1.165, 1.54) is 12.0 Å². The molecule has 1 aromatic carbocycles. The number of hydrogen-bond acceptors (Lipinski definition) is 4.